The van der Waals surface area contributed by atoms with Gasteiger partial charge in [-0.15, -0.1) is 11.3 Å². The Balaban J connectivity index is 1.46. The Bertz CT molecular complexity index is 1160. The number of amides is 1. The highest BCUT2D eigenvalue weighted by atomic mass is 32.2. The summed E-state index contributed by atoms with van der Waals surface area (Å²) in [6.45, 7) is 4.93. The number of sulfonamides is 1. The van der Waals surface area contributed by atoms with E-state index < -0.39 is 10.0 Å². The Morgan fingerprint density at radius 3 is 2.52 bits per heavy atom. The first-order valence-electron chi connectivity index (χ1n) is 10.5. The molecule has 0 unspecified atom stereocenters. The number of hydrogen-bond acceptors (Lipinski definition) is 5. The van der Waals surface area contributed by atoms with Crippen molar-refractivity contribution in [1.29, 1.82) is 0 Å². The van der Waals surface area contributed by atoms with Gasteiger partial charge in [-0.25, -0.2) is 13.4 Å². The van der Waals surface area contributed by atoms with Crippen molar-refractivity contribution in [3.63, 3.8) is 0 Å². The van der Waals surface area contributed by atoms with Gasteiger partial charge in [-0.3, -0.25) is 4.79 Å². The quantitative estimate of drug-likeness (QED) is 0.571. The molecule has 0 aliphatic carbocycles. The Morgan fingerprint density at radius 2 is 1.84 bits per heavy atom. The van der Waals surface area contributed by atoms with E-state index in [1.54, 1.807) is 36.6 Å². The van der Waals surface area contributed by atoms with Crippen LogP contribution in [0.1, 0.15) is 48.0 Å². The molecule has 1 aromatic heterocycles. The first kappa shape index (κ1) is 21.9. The van der Waals surface area contributed by atoms with Crippen LogP contribution >= 0.6 is 11.3 Å². The van der Waals surface area contributed by atoms with Crippen LogP contribution in [-0.2, 0) is 10.0 Å². The van der Waals surface area contributed by atoms with Crippen molar-refractivity contribution < 1.29 is 13.2 Å². The van der Waals surface area contributed by atoms with Gasteiger partial charge in [0.15, 0.2) is 0 Å². The number of benzene rings is 2. The number of nitrogens with zero attached hydrogens (tertiary/aromatic N) is 3. The molecule has 2 aromatic carbocycles. The second-order valence-electron chi connectivity index (χ2n) is 8.23. The molecule has 1 fully saturated rings. The highest BCUT2D eigenvalue weighted by Gasteiger charge is 2.28. The summed E-state index contributed by atoms with van der Waals surface area (Å²) in [6.07, 6.45) is 1.72. The van der Waals surface area contributed by atoms with Crippen LogP contribution in [0.2, 0.25) is 0 Å². The average molecular weight is 458 g/mol. The van der Waals surface area contributed by atoms with E-state index in [1.807, 2.05) is 36.9 Å². The van der Waals surface area contributed by atoms with Crippen LogP contribution in [0.4, 0.5) is 0 Å². The zero-order chi connectivity index (χ0) is 22.2. The van der Waals surface area contributed by atoms with Gasteiger partial charge in [0.1, 0.15) is 0 Å². The van der Waals surface area contributed by atoms with Crippen molar-refractivity contribution in [3.05, 3.63) is 59.1 Å². The first-order chi connectivity index (χ1) is 14.8. The van der Waals surface area contributed by atoms with E-state index >= 15 is 0 Å². The van der Waals surface area contributed by atoms with Crippen LogP contribution in [0.15, 0.2) is 53.4 Å². The average Bonchev–Trinajstić information content (AvgIpc) is 3.22. The van der Waals surface area contributed by atoms with Gasteiger partial charge in [-0.2, -0.15) is 4.31 Å². The third-order valence-corrected chi connectivity index (χ3v) is 9.16. The number of para-hydroxylation sites is 1. The lowest BCUT2D eigenvalue weighted by molar-refractivity contribution is 0.0712. The molecule has 8 heteroatoms. The van der Waals surface area contributed by atoms with Gasteiger partial charge in [0, 0.05) is 37.7 Å². The SMILES string of the molecule is CC(C)N(C)S(=O)(=O)c1cccc(C(=O)N2CCC(c3nc4ccccc4s3)CC2)c1. The summed E-state index contributed by atoms with van der Waals surface area (Å²) < 4.78 is 28.1. The lowest BCUT2D eigenvalue weighted by Gasteiger charge is -2.31. The van der Waals surface area contributed by atoms with E-state index in [9.17, 15) is 13.2 Å². The van der Waals surface area contributed by atoms with Gasteiger partial charge >= 0.3 is 0 Å². The molecular formula is C23H27N3O3S2. The molecule has 0 bridgehead atoms. The maximum atomic E-state index is 13.1. The van der Waals surface area contributed by atoms with E-state index in [0.29, 0.717) is 24.6 Å². The number of rotatable bonds is 5. The highest BCUT2D eigenvalue weighted by molar-refractivity contribution is 7.89. The molecule has 31 heavy (non-hydrogen) atoms. The van der Waals surface area contributed by atoms with E-state index in [-0.39, 0.29) is 16.8 Å². The molecular weight excluding hydrogens is 430 g/mol. The Hall–Kier alpha value is -2.29. The van der Waals surface area contributed by atoms with Crippen LogP contribution in [-0.4, -0.2) is 54.7 Å². The largest absolute Gasteiger partial charge is 0.339 e. The summed E-state index contributed by atoms with van der Waals surface area (Å²) in [6, 6.07) is 14.4. The molecule has 0 atom stereocenters. The van der Waals surface area contributed by atoms with Crippen LogP contribution < -0.4 is 0 Å². The maximum absolute atomic E-state index is 13.1. The molecule has 3 aromatic rings. The fourth-order valence-electron chi connectivity index (χ4n) is 3.81. The molecule has 2 heterocycles. The topological polar surface area (TPSA) is 70.6 Å². The summed E-state index contributed by atoms with van der Waals surface area (Å²) >= 11 is 1.73. The molecule has 1 aliphatic heterocycles. The van der Waals surface area contributed by atoms with Crippen molar-refractivity contribution in [1.82, 2.24) is 14.2 Å². The summed E-state index contributed by atoms with van der Waals surface area (Å²) in [5, 5.41) is 1.14. The van der Waals surface area contributed by atoms with Gasteiger partial charge in [-0.05, 0) is 57.0 Å². The van der Waals surface area contributed by atoms with E-state index in [4.69, 9.17) is 4.98 Å². The second kappa shape index (κ2) is 8.68. The van der Waals surface area contributed by atoms with E-state index in [2.05, 4.69) is 6.07 Å². The number of aromatic nitrogens is 1. The van der Waals surface area contributed by atoms with Gasteiger partial charge in [-0.1, -0.05) is 18.2 Å². The summed E-state index contributed by atoms with van der Waals surface area (Å²) in [5.74, 6) is 0.236. The molecule has 0 spiro atoms. The molecule has 6 nitrogen and oxygen atoms in total. The van der Waals surface area contributed by atoms with Crippen LogP contribution in [0.25, 0.3) is 10.2 Å². The predicted molar refractivity (Wildman–Crippen MR) is 124 cm³/mol. The maximum Gasteiger partial charge on any atom is 0.253 e. The molecule has 0 saturated carbocycles. The number of carbonyl (C=O) groups excluding carboxylic acids is 1. The van der Waals surface area contributed by atoms with Crippen LogP contribution in [0.5, 0.6) is 0 Å². The van der Waals surface area contributed by atoms with Crippen LogP contribution in [0, 0.1) is 0 Å². The minimum atomic E-state index is -3.63. The summed E-state index contributed by atoms with van der Waals surface area (Å²) in [7, 11) is -2.07. The third kappa shape index (κ3) is 4.37. The molecule has 0 radical (unpaired) electrons. The fraction of sp³-hybridized carbons (Fsp3) is 0.391. The monoisotopic (exact) mass is 457 g/mol. The van der Waals surface area contributed by atoms with E-state index in [0.717, 1.165) is 23.4 Å². The molecule has 164 valence electrons. The fourth-order valence-corrected chi connectivity index (χ4v) is 6.36. The number of hydrogen-bond donors (Lipinski definition) is 0. The number of piperidine rings is 1. The highest BCUT2D eigenvalue weighted by Crippen LogP contribution is 2.34. The second-order valence-corrected chi connectivity index (χ2v) is 11.3. The van der Waals surface area contributed by atoms with Gasteiger partial charge in [0.2, 0.25) is 10.0 Å². The molecule has 0 N–H and O–H groups in total. The van der Waals surface area contributed by atoms with Crippen LogP contribution in [0.3, 0.4) is 0 Å². The predicted octanol–water partition coefficient (Wildman–Crippen LogP) is 4.35. The molecule has 4 rings (SSSR count). The zero-order valence-electron chi connectivity index (χ0n) is 18.0. The van der Waals surface area contributed by atoms with Gasteiger partial charge in [0.05, 0.1) is 20.1 Å². The zero-order valence-corrected chi connectivity index (χ0v) is 19.6. The number of likely N-dealkylation sites (tertiary alicyclic amines) is 1. The van der Waals surface area contributed by atoms with Crippen molar-refractivity contribution in [2.75, 3.05) is 20.1 Å². The third-order valence-electron chi connectivity index (χ3n) is 5.93. The van der Waals surface area contributed by atoms with Crippen molar-refractivity contribution >= 4 is 37.5 Å². The van der Waals surface area contributed by atoms with E-state index in [1.165, 1.54) is 15.1 Å². The minimum Gasteiger partial charge on any atom is -0.339 e. The lowest BCUT2D eigenvalue weighted by Crippen LogP contribution is -2.38. The van der Waals surface area contributed by atoms with Gasteiger partial charge < -0.3 is 4.90 Å². The molecule has 1 amide bonds. The Labute approximate surface area is 187 Å². The minimum absolute atomic E-state index is 0.119. The van der Waals surface area contributed by atoms with Gasteiger partial charge in [0.25, 0.3) is 5.91 Å². The molecule has 1 saturated heterocycles. The number of thiazole rings is 1. The summed E-state index contributed by atoms with van der Waals surface area (Å²) in [4.78, 5) is 19.8. The van der Waals surface area contributed by atoms with Crippen molar-refractivity contribution in [2.45, 2.75) is 43.5 Å². The van der Waals surface area contributed by atoms with Crippen molar-refractivity contribution in [2.24, 2.45) is 0 Å². The number of fused-ring (bicyclic) bond motifs is 1. The Morgan fingerprint density at radius 1 is 1.13 bits per heavy atom. The van der Waals surface area contributed by atoms with Crippen molar-refractivity contribution in [3.8, 4) is 0 Å². The molecule has 1 aliphatic rings. The lowest BCUT2D eigenvalue weighted by atomic mass is 9.97. The summed E-state index contributed by atoms with van der Waals surface area (Å²) in [5.41, 5.74) is 1.45. The number of carbonyl (C=O) groups is 1. The standard InChI is InChI=1S/C23H27N3O3S2/c1-16(2)25(3)31(28,29)19-8-6-7-18(15-19)23(27)26-13-11-17(12-14-26)22-24-20-9-4-5-10-21(20)30-22/h4-10,15-17H,11-14H2,1-3H3. The smallest absolute Gasteiger partial charge is 0.253 e. The first-order valence-corrected chi connectivity index (χ1v) is 12.8. The Kier molecular flexibility index (Phi) is 6.14. The normalized spacial score (nSPS) is 15.8.